The molecule has 1 heterocycles. The van der Waals surface area contributed by atoms with Gasteiger partial charge in [-0.3, -0.25) is 4.79 Å². The van der Waals surface area contributed by atoms with Crippen LogP contribution >= 0.6 is 0 Å². The first kappa shape index (κ1) is 23.6. The number of nitrogens with one attached hydrogen (secondary N) is 1. The van der Waals surface area contributed by atoms with Crippen molar-refractivity contribution in [3.05, 3.63) is 60.7 Å². The van der Waals surface area contributed by atoms with Crippen molar-refractivity contribution < 1.29 is 27.4 Å². The number of nitrogens with zero attached hydrogens (tertiary/aromatic N) is 1. The molecule has 0 spiro atoms. The van der Waals surface area contributed by atoms with E-state index in [-0.39, 0.29) is 16.8 Å². The third-order valence-electron chi connectivity index (χ3n) is 5.27. The van der Waals surface area contributed by atoms with Gasteiger partial charge in [0.25, 0.3) is 5.91 Å². The fourth-order valence-corrected chi connectivity index (χ4v) is 4.95. The van der Waals surface area contributed by atoms with E-state index in [1.165, 1.54) is 30.7 Å². The minimum Gasteiger partial charge on any atom is -0.497 e. The molecule has 32 heavy (non-hydrogen) atoms. The molecule has 1 aliphatic heterocycles. The van der Waals surface area contributed by atoms with Crippen molar-refractivity contribution in [3.8, 4) is 17.2 Å². The lowest BCUT2D eigenvalue weighted by Gasteiger charge is -2.31. The second-order valence-corrected chi connectivity index (χ2v) is 9.23. The van der Waals surface area contributed by atoms with E-state index in [0.29, 0.717) is 55.4 Å². The summed E-state index contributed by atoms with van der Waals surface area (Å²) in [5.41, 5.74) is 0.445. The molecular formula is C23H28N2O6S. The van der Waals surface area contributed by atoms with Crippen molar-refractivity contribution in [2.75, 3.05) is 33.9 Å². The molecule has 8 nitrogen and oxygen atoms in total. The van der Waals surface area contributed by atoms with Gasteiger partial charge in [-0.15, -0.1) is 0 Å². The third kappa shape index (κ3) is 5.41. The van der Waals surface area contributed by atoms with E-state index in [0.717, 1.165) is 0 Å². The average Bonchev–Trinajstić information content (AvgIpc) is 2.83. The van der Waals surface area contributed by atoms with E-state index in [1.54, 1.807) is 36.4 Å². The van der Waals surface area contributed by atoms with Crippen molar-refractivity contribution in [3.63, 3.8) is 0 Å². The van der Waals surface area contributed by atoms with Crippen LogP contribution in [-0.2, 0) is 10.0 Å². The predicted molar refractivity (Wildman–Crippen MR) is 121 cm³/mol. The van der Waals surface area contributed by atoms with Crippen LogP contribution < -0.4 is 19.5 Å². The van der Waals surface area contributed by atoms with E-state index < -0.39 is 10.0 Å². The Morgan fingerprint density at radius 1 is 1.09 bits per heavy atom. The molecule has 9 heteroatoms. The lowest BCUT2D eigenvalue weighted by atomic mass is 10.1. The van der Waals surface area contributed by atoms with Gasteiger partial charge in [0, 0.05) is 24.7 Å². The maximum atomic E-state index is 12.9. The Morgan fingerprint density at radius 3 is 2.38 bits per heavy atom. The highest BCUT2D eigenvalue weighted by molar-refractivity contribution is 7.89. The van der Waals surface area contributed by atoms with Gasteiger partial charge >= 0.3 is 0 Å². The minimum absolute atomic E-state index is 0.118. The number of methoxy groups -OCH3 is 2. The SMILES string of the molecule is C=CCOc1ccc(C(=O)NC2CCN(S(=O)(=O)c3ccc(OC)cc3)CC2)cc1OC. The Labute approximate surface area is 188 Å². The number of hydrogen-bond acceptors (Lipinski definition) is 6. The van der Waals surface area contributed by atoms with Crippen molar-refractivity contribution in [2.45, 2.75) is 23.8 Å². The van der Waals surface area contributed by atoms with Crippen molar-refractivity contribution in [2.24, 2.45) is 0 Å². The highest BCUT2D eigenvalue weighted by atomic mass is 32.2. The first-order chi connectivity index (χ1) is 15.4. The third-order valence-corrected chi connectivity index (χ3v) is 7.18. The predicted octanol–water partition coefficient (Wildman–Crippen LogP) is 2.85. The highest BCUT2D eigenvalue weighted by Crippen LogP contribution is 2.28. The van der Waals surface area contributed by atoms with Crippen LogP contribution in [-0.4, -0.2) is 58.6 Å². The fraction of sp³-hybridized carbons (Fsp3) is 0.348. The van der Waals surface area contributed by atoms with Crippen LogP contribution in [0, 0.1) is 0 Å². The van der Waals surface area contributed by atoms with Crippen LogP contribution in [0.4, 0.5) is 0 Å². The number of rotatable bonds is 9. The lowest BCUT2D eigenvalue weighted by molar-refractivity contribution is 0.0923. The maximum absolute atomic E-state index is 12.9. The molecule has 0 saturated carbocycles. The smallest absolute Gasteiger partial charge is 0.251 e. The van der Waals surface area contributed by atoms with Crippen molar-refractivity contribution in [1.82, 2.24) is 9.62 Å². The van der Waals surface area contributed by atoms with E-state index in [4.69, 9.17) is 14.2 Å². The molecule has 0 unspecified atom stereocenters. The number of carbonyl (C=O) groups excluding carboxylic acids is 1. The van der Waals surface area contributed by atoms with Gasteiger partial charge in [-0.2, -0.15) is 4.31 Å². The first-order valence-electron chi connectivity index (χ1n) is 10.3. The van der Waals surface area contributed by atoms with Crippen LogP contribution in [0.15, 0.2) is 60.0 Å². The zero-order valence-electron chi connectivity index (χ0n) is 18.2. The summed E-state index contributed by atoms with van der Waals surface area (Å²) in [7, 11) is -0.543. The van der Waals surface area contributed by atoms with Gasteiger partial charge in [-0.25, -0.2) is 8.42 Å². The molecule has 172 valence electrons. The van der Waals surface area contributed by atoms with Crippen molar-refractivity contribution >= 4 is 15.9 Å². The van der Waals surface area contributed by atoms with Crippen LogP contribution in [0.5, 0.6) is 17.2 Å². The maximum Gasteiger partial charge on any atom is 0.251 e. The Kier molecular flexibility index (Phi) is 7.76. The number of piperidine rings is 1. The average molecular weight is 461 g/mol. The largest absolute Gasteiger partial charge is 0.497 e. The summed E-state index contributed by atoms with van der Waals surface area (Å²) < 4.78 is 43.1. The summed E-state index contributed by atoms with van der Waals surface area (Å²) in [4.78, 5) is 12.9. The zero-order valence-corrected chi connectivity index (χ0v) is 19.1. The number of ether oxygens (including phenoxy) is 3. The van der Waals surface area contributed by atoms with Crippen LogP contribution in [0.25, 0.3) is 0 Å². The monoisotopic (exact) mass is 460 g/mol. The molecule has 2 aromatic carbocycles. The van der Waals surface area contributed by atoms with Crippen LogP contribution in [0.3, 0.4) is 0 Å². The Balaban J connectivity index is 1.59. The molecule has 1 N–H and O–H groups in total. The van der Waals surface area contributed by atoms with Crippen LogP contribution in [0.1, 0.15) is 23.2 Å². The number of hydrogen-bond donors (Lipinski definition) is 1. The zero-order chi connectivity index (χ0) is 23.1. The van der Waals surface area contributed by atoms with E-state index >= 15 is 0 Å². The van der Waals surface area contributed by atoms with Gasteiger partial charge < -0.3 is 19.5 Å². The summed E-state index contributed by atoms with van der Waals surface area (Å²) in [5.74, 6) is 1.35. The molecule has 3 rings (SSSR count). The molecule has 0 aliphatic carbocycles. The summed E-state index contributed by atoms with van der Waals surface area (Å²) in [5, 5.41) is 2.99. The topological polar surface area (TPSA) is 94.2 Å². The molecule has 1 amide bonds. The summed E-state index contributed by atoms with van der Waals surface area (Å²) in [6, 6.07) is 11.2. The van der Waals surface area contributed by atoms with E-state index in [1.807, 2.05) is 0 Å². The molecule has 1 aliphatic rings. The van der Waals surface area contributed by atoms with E-state index in [9.17, 15) is 13.2 Å². The molecule has 1 saturated heterocycles. The van der Waals surface area contributed by atoms with Crippen molar-refractivity contribution in [1.29, 1.82) is 0 Å². The Bertz CT molecular complexity index is 1040. The number of sulfonamides is 1. The number of carbonyl (C=O) groups is 1. The van der Waals surface area contributed by atoms with Gasteiger partial charge in [-0.1, -0.05) is 12.7 Å². The molecule has 2 aromatic rings. The first-order valence-corrected chi connectivity index (χ1v) is 11.7. The van der Waals surface area contributed by atoms with Gasteiger partial charge in [0.05, 0.1) is 19.1 Å². The van der Waals surface area contributed by atoms with Gasteiger partial charge in [0.2, 0.25) is 10.0 Å². The van der Waals surface area contributed by atoms with Crippen LogP contribution in [0.2, 0.25) is 0 Å². The summed E-state index contributed by atoms with van der Waals surface area (Å²) >= 11 is 0. The molecule has 0 atom stereocenters. The second kappa shape index (κ2) is 10.5. The fourth-order valence-electron chi connectivity index (χ4n) is 3.48. The molecular weight excluding hydrogens is 432 g/mol. The number of amides is 1. The molecule has 0 aromatic heterocycles. The Morgan fingerprint density at radius 2 is 1.78 bits per heavy atom. The molecule has 1 fully saturated rings. The minimum atomic E-state index is -3.58. The number of benzene rings is 2. The quantitative estimate of drug-likeness (QED) is 0.579. The highest BCUT2D eigenvalue weighted by Gasteiger charge is 2.30. The normalized spacial score (nSPS) is 15.1. The standard InChI is InChI=1S/C23H28N2O6S/c1-4-15-31-21-10-5-17(16-22(21)30-3)23(26)24-18-11-13-25(14-12-18)32(27,28)20-8-6-19(29-2)7-9-20/h4-10,16,18H,1,11-15H2,2-3H3,(H,24,26). The molecule has 0 radical (unpaired) electrons. The molecule has 0 bridgehead atoms. The second-order valence-electron chi connectivity index (χ2n) is 7.29. The summed E-state index contributed by atoms with van der Waals surface area (Å²) in [6.07, 6.45) is 2.68. The van der Waals surface area contributed by atoms with E-state index in [2.05, 4.69) is 11.9 Å². The lowest BCUT2D eigenvalue weighted by Crippen LogP contribution is -2.46. The van der Waals surface area contributed by atoms with Gasteiger partial charge in [-0.05, 0) is 55.3 Å². The van der Waals surface area contributed by atoms with Gasteiger partial charge in [0.15, 0.2) is 11.5 Å². The Hall–Kier alpha value is -3.04. The summed E-state index contributed by atoms with van der Waals surface area (Å²) in [6.45, 7) is 4.60. The van der Waals surface area contributed by atoms with Gasteiger partial charge in [0.1, 0.15) is 12.4 Å².